The molecule has 3 aromatic rings. The second kappa shape index (κ2) is 14.2. The van der Waals surface area contributed by atoms with E-state index in [9.17, 15) is 57.2 Å². The van der Waals surface area contributed by atoms with Gasteiger partial charge in [-0.05, 0) is 38.1 Å². The largest absolute Gasteiger partial charge is 0.508 e. The third-order valence-electron chi connectivity index (χ3n) is 6.94. The number of nitrogen functional groups attached to an aromatic ring is 1. The number of nitrogens with one attached hydrogen (secondary N) is 3. The summed E-state index contributed by atoms with van der Waals surface area (Å²) < 4.78 is 33.8. The number of hydrogen-bond donors (Lipinski definition) is 8. The van der Waals surface area contributed by atoms with Gasteiger partial charge in [0.1, 0.15) is 17.5 Å². The summed E-state index contributed by atoms with van der Waals surface area (Å²) in [5.41, 5.74) is 1.91. The predicted molar refractivity (Wildman–Crippen MR) is 169 cm³/mol. The minimum atomic E-state index is -5.16. The van der Waals surface area contributed by atoms with E-state index in [4.69, 9.17) is 10.6 Å². The summed E-state index contributed by atoms with van der Waals surface area (Å²) in [6.07, 6.45) is 0. The monoisotopic (exact) mass is 736 g/mol. The fourth-order valence-corrected chi connectivity index (χ4v) is 5.67. The van der Waals surface area contributed by atoms with Gasteiger partial charge in [0.05, 0.1) is 18.3 Å². The minimum Gasteiger partial charge on any atom is -0.508 e. The summed E-state index contributed by atoms with van der Waals surface area (Å²) in [7, 11) is -5.16. The number of hydrogen-bond acceptors (Lipinski definition) is 15. The van der Waals surface area contributed by atoms with Gasteiger partial charge in [-0.1, -0.05) is 5.16 Å². The third kappa shape index (κ3) is 8.13. The van der Waals surface area contributed by atoms with Crippen LogP contribution in [0.5, 0.6) is 5.75 Å². The smallest absolute Gasteiger partial charge is 0.362 e. The first kappa shape index (κ1) is 36.8. The van der Waals surface area contributed by atoms with Gasteiger partial charge in [-0.3, -0.25) is 28.5 Å². The number of carbonyl (C=O) groups is 5. The maximum atomic E-state index is 13.2. The van der Waals surface area contributed by atoms with E-state index in [1.165, 1.54) is 29.6 Å². The van der Waals surface area contributed by atoms with Crippen LogP contribution >= 0.6 is 11.3 Å². The summed E-state index contributed by atoms with van der Waals surface area (Å²) >= 11 is 0.896. The Bertz CT molecular complexity index is 2060. The lowest BCUT2D eigenvalue weighted by Crippen LogP contribution is -2.74. The third-order valence-corrected chi connectivity index (χ3v) is 8.56. The van der Waals surface area contributed by atoms with Crippen molar-refractivity contribution in [2.24, 2.45) is 5.16 Å². The van der Waals surface area contributed by atoms with Crippen molar-refractivity contribution < 1.29 is 57.2 Å². The zero-order valence-electron chi connectivity index (χ0n) is 25.8. The van der Waals surface area contributed by atoms with Crippen LogP contribution in [0.3, 0.4) is 0 Å². The van der Waals surface area contributed by atoms with Crippen LogP contribution in [0, 0.1) is 0 Å². The highest BCUT2D eigenvalue weighted by atomic mass is 32.2. The van der Waals surface area contributed by atoms with Crippen molar-refractivity contribution >= 4 is 62.1 Å². The first-order chi connectivity index (χ1) is 23.3. The van der Waals surface area contributed by atoms with Crippen molar-refractivity contribution in [2.75, 3.05) is 12.3 Å². The number of pyridine rings is 1. The van der Waals surface area contributed by atoms with E-state index in [1.807, 2.05) is 0 Å². The SMILES string of the molecule is CC(C)(O/N=C(\C(=O)N[C@@H]1C(=O)N(S(=O)(=O)O)[C@@H]1CNC(=O)c1ccc(C(=O)NCc2cc(O)cc(=O)n2O)cc1)c1csc(N)n1)C(=O)O. The fourth-order valence-electron chi connectivity index (χ4n) is 4.24. The highest BCUT2D eigenvalue weighted by molar-refractivity contribution is 7.84. The normalized spacial score (nSPS) is 16.3. The Morgan fingerprint density at radius 2 is 1.68 bits per heavy atom. The van der Waals surface area contributed by atoms with Crippen molar-refractivity contribution in [1.82, 2.24) is 30.0 Å². The molecule has 0 unspecified atom stereocenters. The molecule has 0 radical (unpaired) electrons. The van der Waals surface area contributed by atoms with E-state index in [-0.39, 0.29) is 43.2 Å². The molecule has 21 nitrogen and oxygen atoms in total. The predicted octanol–water partition coefficient (Wildman–Crippen LogP) is -1.73. The molecule has 2 atom stereocenters. The van der Waals surface area contributed by atoms with Crippen molar-refractivity contribution in [3.05, 3.63) is 74.6 Å². The van der Waals surface area contributed by atoms with Gasteiger partial charge in [0.2, 0.25) is 5.60 Å². The van der Waals surface area contributed by atoms with E-state index < -0.39 is 81.2 Å². The number of β-lactam (4-membered cyclic amide) rings is 1. The van der Waals surface area contributed by atoms with Crippen LogP contribution < -0.4 is 27.2 Å². The van der Waals surface area contributed by atoms with E-state index >= 15 is 0 Å². The Kier molecular flexibility index (Phi) is 10.4. The van der Waals surface area contributed by atoms with Gasteiger partial charge in [-0.2, -0.15) is 13.1 Å². The highest BCUT2D eigenvalue weighted by Gasteiger charge is 2.54. The zero-order valence-corrected chi connectivity index (χ0v) is 27.4. The number of carboxylic acids is 1. The molecule has 4 amide bonds. The van der Waals surface area contributed by atoms with Crippen molar-refractivity contribution in [2.45, 2.75) is 38.1 Å². The van der Waals surface area contributed by atoms with Gasteiger partial charge in [0.15, 0.2) is 10.8 Å². The second-order valence-electron chi connectivity index (χ2n) is 10.9. The standard InChI is InChI=1S/C27H28N8O13S2/c1-27(2,25(42)43)48-33-19(16-11-49-26(28)31-16)23(40)32-20-17(35(24(20)41)50(45,46)47)10-30-22(39)13-5-3-12(4-6-13)21(38)29-9-14-7-15(36)8-18(37)34(14)44/h3-8,11,17,20,36,44H,9-10H2,1-2H3,(H2,28,31)(H,29,38)(H,30,39)(H,32,40)(H,42,43)(H,45,46,47)/b33-19-/t17-,20+/m1/s1. The van der Waals surface area contributed by atoms with E-state index in [0.717, 1.165) is 37.3 Å². The average molecular weight is 737 g/mol. The van der Waals surface area contributed by atoms with Gasteiger partial charge >= 0.3 is 16.3 Å². The molecule has 1 saturated heterocycles. The molecular formula is C27H28N8O13S2. The van der Waals surface area contributed by atoms with Crippen LogP contribution in [0.2, 0.25) is 0 Å². The zero-order chi connectivity index (χ0) is 37.1. The van der Waals surface area contributed by atoms with E-state index in [0.29, 0.717) is 0 Å². The molecule has 9 N–H and O–H groups in total. The number of amides is 4. The Balaban J connectivity index is 1.45. The molecular weight excluding hydrogens is 708 g/mol. The molecule has 1 aromatic carbocycles. The van der Waals surface area contributed by atoms with E-state index in [2.05, 4.69) is 26.1 Å². The van der Waals surface area contributed by atoms with Gasteiger partial charge in [0.25, 0.3) is 29.2 Å². The molecule has 0 bridgehead atoms. The number of nitrogens with zero attached hydrogens (tertiary/aromatic N) is 4. The Labute approximate surface area is 284 Å². The quantitative estimate of drug-likeness (QED) is 0.0318. The molecule has 4 rings (SSSR count). The molecule has 50 heavy (non-hydrogen) atoms. The lowest BCUT2D eigenvalue weighted by atomic mass is 9.98. The average Bonchev–Trinajstić information content (AvgIpc) is 3.47. The molecule has 2 aromatic heterocycles. The lowest BCUT2D eigenvalue weighted by molar-refractivity contribution is -0.161. The summed E-state index contributed by atoms with van der Waals surface area (Å²) in [4.78, 5) is 83.3. The maximum Gasteiger partial charge on any atom is 0.362 e. The molecule has 1 fully saturated rings. The number of thiazole rings is 1. The number of aromatic nitrogens is 2. The summed E-state index contributed by atoms with van der Waals surface area (Å²) in [6, 6.07) is 3.59. The first-order valence-corrected chi connectivity index (χ1v) is 16.2. The molecule has 0 saturated carbocycles. The Morgan fingerprint density at radius 3 is 2.22 bits per heavy atom. The molecule has 1 aliphatic rings. The van der Waals surface area contributed by atoms with Crippen LogP contribution in [-0.4, -0.2) is 102 Å². The molecule has 3 heterocycles. The maximum absolute atomic E-state index is 13.2. The van der Waals surface area contributed by atoms with Crippen LogP contribution in [0.15, 0.2) is 51.7 Å². The number of rotatable bonds is 13. The Morgan fingerprint density at radius 1 is 1.08 bits per heavy atom. The topological polar surface area (TPSA) is 322 Å². The fraction of sp³-hybridized carbons (Fsp3) is 0.259. The van der Waals surface area contributed by atoms with Crippen LogP contribution in [0.1, 0.15) is 46.0 Å². The van der Waals surface area contributed by atoms with Crippen LogP contribution in [0.25, 0.3) is 0 Å². The number of carboxylic acid groups (broad SMARTS) is 1. The number of benzene rings is 1. The van der Waals surface area contributed by atoms with Crippen molar-refractivity contribution in [3.8, 4) is 5.75 Å². The molecule has 0 spiro atoms. The van der Waals surface area contributed by atoms with Gasteiger partial charge in [-0.25, -0.2) is 14.1 Å². The molecule has 0 aliphatic carbocycles. The van der Waals surface area contributed by atoms with E-state index in [1.54, 1.807) is 0 Å². The molecule has 1 aliphatic heterocycles. The van der Waals surface area contributed by atoms with Crippen LogP contribution in [0.4, 0.5) is 5.13 Å². The van der Waals surface area contributed by atoms with Crippen molar-refractivity contribution in [1.29, 1.82) is 0 Å². The van der Waals surface area contributed by atoms with Gasteiger partial charge in [-0.15, -0.1) is 11.3 Å². The summed E-state index contributed by atoms with van der Waals surface area (Å²) in [5, 5.41) is 40.5. The number of anilines is 1. The van der Waals surface area contributed by atoms with Gasteiger partial charge in [0, 0.05) is 35.2 Å². The highest BCUT2D eigenvalue weighted by Crippen LogP contribution is 2.24. The number of aromatic hydroxyl groups is 1. The van der Waals surface area contributed by atoms with Crippen LogP contribution in [-0.2, 0) is 36.1 Å². The second-order valence-corrected chi connectivity index (χ2v) is 13.1. The minimum absolute atomic E-state index is 0.00357. The molecule has 23 heteroatoms. The summed E-state index contributed by atoms with van der Waals surface area (Å²) in [6.45, 7) is 1.31. The number of oxime groups is 1. The molecule has 266 valence electrons. The number of carbonyl (C=O) groups excluding carboxylic acids is 4. The van der Waals surface area contributed by atoms with Crippen molar-refractivity contribution in [3.63, 3.8) is 0 Å². The lowest BCUT2D eigenvalue weighted by Gasteiger charge is -2.44. The Hall–Kier alpha value is -6.07. The first-order valence-electron chi connectivity index (χ1n) is 13.9. The number of nitrogens with two attached hydrogens (primary N) is 1. The summed E-state index contributed by atoms with van der Waals surface area (Å²) in [5.74, 6) is -5.79. The number of aliphatic carboxylic acids is 1. The van der Waals surface area contributed by atoms with Gasteiger partial charge < -0.3 is 41.9 Å².